The van der Waals surface area contributed by atoms with Crippen molar-refractivity contribution >= 4 is 25.3 Å². The lowest BCUT2D eigenvalue weighted by Crippen LogP contribution is -2.44. The zero-order valence-corrected chi connectivity index (χ0v) is 20.8. The lowest BCUT2D eigenvalue weighted by atomic mass is 10.0. The number of methoxy groups -OCH3 is 1. The van der Waals surface area contributed by atoms with Crippen LogP contribution in [0.25, 0.3) is 10.9 Å². The van der Waals surface area contributed by atoms with E-state index in [2.05, 4.69) is 44.2 Å². The summed E-state index contributed by atoms with van der Waals surface area (Å²) in [5.74, 6) is 0.524. The molecule has 0 aliphatic rings. The van der Waals surface area contributed by atoms with Gasteiger partial charge in [-0.1, -0.05) is 39.0 Å². The van der Waals surface area contributed by atoms with Gasteiger partial charge < -0.3 is 19.2 Å². The molecule has 1 N–H and O–H groups in total. The molecule has 7 heteroatoms. The van der Waals surface area contributed by atoms with Crippen molar-refractivity contribution in [1.82, 2.24) is 10.3 Å². The van der Waals surface area contributed by atoms with Crippen LogP contribution >= 0.6 is 0 Å². The van der Waals surface area contributed by atoms with Crippen LogP contribution in [0.3, 0.4) is 0 Å². The number of carbonyl (C=O) groups is 1. The molecule has 0 aliphatic carbocycles. The van der Waals surface area contributed by atoms with E-state index in [0.717, 1.165) is 16.5 Å². The van der Waals surface area contributed by atoms with E-state index in [4.69, 9.17) is 13.9 Å². The molecule has 166 valence electrons. The van der Waals surface area contributed by atoms with Crippen LogP contribution in [0.2, 0.25) is 18.1 Å². The minimum atomic E-state index is -2.02. The molecule has 2 rings (SSSR count). The van der Waals surface area contributed by atoms with Gasteiger partial charge in [-0.3, -0.25) is 0 Å². The molecule has 2 aromatic rings. The average Bonchev–Trinajstić information content (AvgIpc) is 2.61. The Bertz CT molecular complexity index is 885. The second kappa shape index (κ2) is 8.94. The Hall–Kier alpha value is -2.12. The summed E-state index contributed by atoms with van der Waals surface area (Å²) < 4.78 is 17.3. The number of rotatable bonds is 6. The van der Waals surface area contributed by atoms with E-state index in [0.29, 0.717) is 12.5 Å². The minimum absolute atomic E-state index is 0.0592. The Kier molecular flexibility index (Phi) is 7.19. The molecule has 30 heavy (non-hydrogen) atoms. The van der Waals surface area contributed by atoms with Crippen LogP contribution in [0, 0.1) is 0 Å². The fourth-order valence-electron chi connectivity index (χ4n) is 2.71. The van der Waals surface area contributed by atoms with Crippen LogP contribution in [0.4, 0.5) is 4.79 Å². The highest BCUT2D eigenvalue weighted by atomic mass is 28.4. The zero-order valence-electron chi connectivity index (χ0n) is 19.8. The van der Waals surface area contributed by atoms with Gasteiger partial charge in [-0.05, 0) is 45.0 Å². The zero-order chi connectivity index (χ0) is 22.7. The summed E-state index contributed by atoms with van der Waals surface area (Å²) in [7, 11) is -0.430. The molecular weight excluding hydrogens is 396 g/mol. The molecule has 0 bridgehead atoms. The molecule has 1 atom stereocenters. The number of fused-ring (bicyclic) bond motifs is 1. The molecular formula is C23H36N2O4Si. The Balaban J connectivity index is 2.43. The number of hydrogen-bond acceptors (Lipinski definition) is 5. The summed E-state index contributed by atoms with van der Waals surface area (Å²) in [5, 5.41) is 4.03. The van der Waals surface area contributed by atoms with Crippen molar-refractivity contribution in [3.63, 3.8) is 0 Å². The van der Waals surface area contributed by atoms with E-state index in [-0.39, 0.29) is 5.04 Å². The van der Waals surface area contributed by atoms with Crippen LogP contribution in [0.1, 0.15) is 53.1 Å². The molecule has 0 radical (unpaired) electrons. The first-order valence-electron chi connectivity index (χ1n) is 10.3. The molecule has 1 aromatic carbocycles. The number of amides is 1. The lowest BCUT2D eigenvalue weighted by Gasteiger charge is -2.37. The Labute approximate surface area is 181 Å². The van der Waals surface area contributed by atoms with Crippen LogP contribution < -0.4 is 10.1 Å². The van der Waals surface area contributed by atoms with E-state index in [1.807, 2.05) is 51.1 Å². The van der Waals surface area contributed by atoms with Gasteiger partial charge >= 0.3 is 6.09 Å². The molecule has 0 fully saturated rings. The fraction of sp³-hybridized carbons (Fsp3) is 0.565. The van der Waals surface area contributed by atoms with Crippen LogP contribution in [-0.2, 0) is 9.16 Å². The van der Waals surface area contributed by atoms with Crippen LogP contribution in [-0.4, -0.2) is 38.7 Å². The first kappa shape index (κ1) is 24.1. The second-order valence-electron chi connectivity index (χ2n) is 10.0. The molecule has 1 amide bonds. The average molecular weight is 433 g/mol. The number of carbonyl (C=O) groups excluding carboxylic acids is 1. The molecule has 0 spiro atoms. The quantitative estimate of drug-likeness (QED) is 0.582. The van der Waals surface area contributed by atoms with Gasteiger partial charge in [0.15, 0.2) is 8.32 Å². The fourth-order valence-corrected chi connectivity index (χ4v) is 3.73. The molecule has 1 aromatic heterocycles. The highest BCUT2D eigenvalue weighted by molar-refractivity contribution is 6.74. The normalized spacial score (nSPS) is 13.8. The van der Waals surface area contributed by atoms with Crippen molar-refractivity contribution in [1.29, 1.82) is 0 Å². The monoisotopic (exact) mass is 432 g/mol. The van der Waals surface area contributed by atoms with Gasteiger partial charge in [0.25, 0.3) is 0 Å². The predicted molar refractivity (Wildman–Crippen MR) is 124 cm³/mol. The van der Waals surface area contributed by atoms with E-state index >= 15 is 0 Å². The summed E-state index contributed by atoms with van der Waals surface area (Å²) in [6.45, 7) is 16.9. The highest BCUT2D eigenvalue weighted by Gasteiger charge is 2.38. The van der Waals surface area contributed by atoms with Gasteiger partial charge in [0.1, 0.15) is 5.60 Å². The number of para-hydroxylation sites is 1. The summed E-state index contributed by atoms with van der Waals surface area (Å²) in [6.07, 6.45) is -0.480. The van der Waals surface area contributed by atoms with Crippen LogP contribution in [0.5, 0.6) is 5.88 Å². The number of nitrogens with zero attached hydrogens (tertiary/aromatic N) is 1. The summed E-state index contributed by atoms with van der Waals surface area (Å²) >= 11 is 0. The van der Waals surface area contributed by atoms with Gasteiger partial charge in [0.2, 0.25) is 5.88 Å². The smallest absolute Gasteiger partial charge is 0.408 e. The molecule has 0 saturated carbocycles. The van der Waals surface area contributed by atoms with Crippen molar-refractivity contribution in [3.05, 3.63) is 35.9 Å². The molecule has 1 heterocycles. The van der Waals surface area contributed by atoms with Gasteiger partial charge in [-0.15, -0.1) is 0 Å². The summed E-state index contributed by atoms with van der Waals surface area (Å²) in [4.78, 5) is 17.2. The third-order valence-electron chi connectivity index (χ3n) is 5.42. The van der Waals surface area contributed by atoms with Gasteiger partial charge in [-0.25, -0.2) is 9.78 Å². The standard InChI is InChI=1S/C23H36N2O4Si/c1-22(2,3)29-21(26)24-18(15-28-30(8,9)23(4,5)6)17-12-10-11-16-13-14-19(27-7)25-20(16)17/h10-14,18H,15H2,1-9H3,(H,24,26)/t18-/m1/s1. The van der Waals surface area contributed by atoms with Gasteiger partial charge in [-0.2, -0.15) is 0 Å². The number of ether oxygens (including phenoxy) is 2. The number of aromatic nitrogens is 1. The maximum absolute atomic E-state index is 12.6. The van der Waals surface area contributed by atoms with E-state index in [1.54, 1.807) is 7.11 Å². The Morgan fingerprint density at radius 3 is 2.33 bits per heavy atom. The van der Waals surface area contributed by atoms with Crippen molar-refractivity contribution in [2.75, 3.05) is 13.7 Å². The van der Waals surface area contributed by atoms with Crippen molar-refractivity contribution < 1.29 is 18.7 Å². The number of nitrogens with one attached hydrogen (secondary N) is 1. The number of hydrogen-bond donors (Lipinski definition) is 1. The maximum atomic E-state index is 12.6. The summed E-state index contributed by atoms with van der Waals surface area (Å²) in [6, 6.07) is 9.30. The van der Waals surface area contributed by atoms with Crippen molar-refractivity contribution in [2.24, 2.45) is 0 Å². The van der Waals surface area contributed by atoms with Gasteiger partial charge in [0.05, 0.1) is 25.3 Å². The Morgan fingerprint density at radius 2 is 1.77 bits per heavy atom. The number of benzene rings is 1. The van der Waals surface area contributed by atoms with Gasteiger partial charge in [0, 0.05) is 17.0 Å². The third-order valence-corrected chi connectivity index (χ3v) is 9.92. The highest BCUT2D eigenvalue weighted by Crippen LogP contribution is 2.37. The molecule has 0 saturated heterocycles. The maximum Gasteiger partial charge on any atom is 0.408 e. The first-order valence-corrected chi connectivity index (χ1v) is 13.2. The topological polar surface area (TPSA) is 69.7 Å². The van der Waals surface area contributed by atoms with E-state index in [1.165, 1.54) is 0 Å². The Morgan fingerprint density at radius 1 is 1.10 bits per heavy atom. The lowest BCUT2D eigenvalue weighted by molar-refractivity contribution is 0.0484. The van der Waals surface area contributed by atoms with Crippen molar-refractivity contribution in [2.45, 2.75) is 71.3 Å². The largest absolute Gasteiger partial charge is 0.481 e. The second-order valence-corrected chi connectivity index (χ2v) is 14.9. The van der Waals surface area contributed by atoms with E-state index < -0.39 is 26.1 Å². The molecule has 6 nitrogen and oxygen atoms in total. The first-order chi connectivity index (χ1) is 13.7. The third kappa shape index (κ3) is 6.19. The number of pyridine rings is 1. The predicted octanol–water partition coefficient (Wildman–Crippen LogP) is 5.83. The SMILES string of the molecule is COc1ccc2cccc([C@@H](CO[Si](C)(C)C(C)(C)C)NC(=O)OC(C)(C)C)c2n1. The van der Waals surface area contributed by atoms with Crippen LogP contribution in [0.15, 0.2) is 30.3 Å². The summed E-state index contributed by atoms with van der Waals surface area (Å²) in [5.41, 5.74) is 1.06. The van der Waals surface area contributed by atoms with Crippen molar-refractivity contribution in [3.8, 4) is 5.88 Å². The minimum Gasteiger partial charge on any atom is -0.481 e. The molecule has 0 unspecified atom stereocenters. The molecule has 0 aliphatic heterocycles. The number of alkyl carbamates (subject to hydrolysis) is 1. The van der Waals surface area contributed by atoms with E-state index in [9.17, 15) is 4.79 Å².